The average Bonchev–Trinajstić information content (AvgIpc) is 3.32. The molecule has 9 atom stereocenters. The molecule has 0 radical (unpaired) electrons. The van der Waals surface area contributed by atoms with Crippen molar-refractivity contribution in [1.29, 1.82) is 0 Å². The average molecular weight is 452 g/mol. The topological polar surface area (TPSA) is 68.0 Å². The summed E-state index contributed by atoms with van der Waals surface area (Å²) >= 11 is 0. The van der Waals surface area contributed by atoms with Crippen LogP contribution in [0.4, 0.5) is 0 Å². The molecule has 4 fully saturated rings. The van der Waals surface area contributed by atoms with Crippen LogP contribution in [0.25, 0.3) is 6.08 Å². The second-order valence-corrected chi connectivity index (χ2v) is 12.9. The number of Topliss-reactive ketones (excluding diaryl/α,β-unsaturated/α-hetero) is 1. The lowest BCUT2D eigenvalue weighted by molar-refractivity contribution is -0.133. The molecule has 1 heterocycles. The molecule has 6 rings (SSSR count). The van der Waals surface area contributed by atoms with Crippen molar-refractivity contribution in [2.45, 2.75) is 97.1 Å². The lowest BCUT2D eigenvalue weighted by Gasteiger charge is -2.56. The van der Waals surface area contributed by atoms with Crippen LogP contribution >= 0.6 is 0 Å². The number of aromatic nitrogens is 3. The van der Waals surface area contributed by atoms with Gasteiger partial charge < -0.3 is 5.11 Å². The highest BCUT2D eigenvalue weighted by atomic mass is 16.3. The minimum Gasteiger partial charge on any atom is -0.390 e. The number of aliphatic hydroxyl groups is 1. The molecule has 0 bridgehead atoms. The lowest BCUT2D eigenvalue weighted by Crippen LogP contribution is -2.51. The molecule has 33 heavy (non-hydrogen) atoms. The summed E-state index contributed by atoms with van der Waals surface area (Å²) in [6.07, 6.45) is 15.7. The van der Waals surface area contributed by atoms with Crippen LogP contribution in [0, 0.1) is 46.8 Å². The zero-order chi connectivity index (χ0) is 23.0. The summed E-state index contributed by atoms with van der Waals surface area (Å²) < 4.78 is 0. The van der Waals surface area contributed by atoms with Crippen LogP contribution in [0.15, 0.2) is 6.08 Å². The molecule has 0 aromatic carbocycles. The number of carbonyl (C=O) groups excluding carboxylic acids is 1. The summed E-state index contributed by atoms with van der Waals surface area (Å²) in [6.45, 7) is 7.01. The Bertz CT molecular complexity index is 964. The van der Waals surface area contributed by atoms with E-state index in [9.17, 15) is 9.90 Å². The molecule has 0 saturated heterocycles. The number of hydrogen-bond donors (Lipinski definition) is 1. The van der Waals surface area contributed by atoms with Gasteiger partial charge in [0, 0.05) is 5.92 Å². The Hall–Kier alpha value is -1.49. The van der Waals surface area contributed by atoms with E-state index in [2.05, 4.69) is 36.2 Å². The van der Waals surface area contributed by atoms with Crippen LogP contribution in [0.3, 0.4) is 0 Å². The highest BCUT2D eigenvalue weighted by Crippen LogP contribution is 2.64. The Labute approximate surface area is 198 Å². The van der Waals surface area contributed by atoms with Gasteiger partial charge in [0.15, 0.2) is 5.78 Å². The van der Waals surface area contributed by atoms with Crippen molar-refractivity contribution in [2.24, 2.45) is 46.8 Å². The molecule has 0 amide bonds. The summed E-state index contributed by atoms with van der Waals surface area (Å²) in [5.74, 6) is 4.82. The first-order chi connectivity index (χ1) is 15.7. The van der Waals surface area contributed by atoms with Crippen molar-refractivity contribution in [3.63, 3.8) is 0 Å². The number of nitrogens with zero attached hydrogens (tertiary/aromatic N) is 3. The first kappa shape index (κ1) is 22.0. The van der Waals surface area contributed by atoms with Gasteiger partial charge in [-0.05, 0) is 118 Å². The normalized spacial score (nSPS) is 46.2. The first-order valence-electron chi connectivity index (χ1n) is 13.6. The summed E-state index contributed by atoms with van der Waals surface area (Å²) in [7, 11) is 0. The molecule has 5 aliphatic rings. The van der Waals surface area contributed by atoms with E-state index >= 15 is 0 Å². The number of allylic oxidation sites excluding steroid dienone is 1. The Kier molecular flexibility index (Phi) is 5.18. The third-order valence-electron chi connectivity index (χ3n) is 10.8. The Morgan fingerprint density at radius 2 is 1.88 bits per heavy atom. The van der Waals surface area contributed by atoms with E-state index < -0.39 is 5.60 Å². The Morgan fingerprint density at radius 1 is 1.06 bits per heavy atom. The fourth-order valence-corrected chi connectivity index (χ4v) is 9.23. The van der Waals surface area contributed by atoms with E-state index in [1.807, 2.05) is 6.92 Å². The molecule has 5 aliphatic carbocycles. The molecule has 1 aromatic heterocycles. The van der Waals surface area contributed by atoms with Crippen molar-refractivity contribution in [3.8, 4) is 0 Å². The van der Waals surface area contributed by atoms with Crippen molar-refractivity contribution >= 4 is 11.9 Å². The zero-order valence-corrected chi connectivity index (χ0v) is 20.7. The van der Waals surface area contributed by atoms with Gasteiger partial charge in [-0.3, -0.25) is 4.79 Å². The van der Waals surface area contributed by atoms with Gasteiger partial charge >= 0.3 is 0 Å². The van der Waals surface area contributed by atoms with E-state index in [-0.39, 0.29) is 11.3 Å². The number of ketones is 1. The number of hydrogen-bond acceptors (Lipinski definition) is 4. The van der Waals surface area contributed by atoms with Crippen molar-refractivity contribution in [3.05, 3.63) is 17.5 Å². The second kappa shape index (κ2) is 7.76. The molecule has 0 aliphatic heterocycles. The maximum atomic E-state index is 13.6. The van der Waals surface area contributed by atoms with Crippen LogP contribution in [-0.2, 0) is 17.8 Å². The molecule has 4 saturated carbocycles. The molecular formula is C28H41N3O2. The van der Waals surface area contributed by atoms with Gasteiger partial charge in [0.1, 0.15) is 12.2 Å². The smallest absolute Gasteiger partial charge is 0.159 e. The fraction of sp³-hybridized carbons (Fsp3) is 0.821. The molecule has 1 aromatic rings. The molecule has 1 N–H and O–H groups in total. The largest absolute Gasteiger partial charge is 0.390 e. The number of fused-ring (bicyclic) bond motifs is 6. The van der Waals surface area contributed by atoms with Gasteiger partial charge in [0.25, 0.3) is 0 Å². The van der Waals surface area contributed by atoms with E-state index in [1.54, 1.807) is 4.80 Å². The van der Waals surface area contributed by atoms with Crippen LogP contribution in [0.1, 0.15) is 89.9 Å². The standard InChI is InChI=1S/C28H41N3O2/c1-17-4-9-24-25(14-17)30-31(29-24)16-26(32)23-8-7-22-21-6-5-18-15-27(2,33)12-10-19(18)20(21)11-13-28(22,23)3/h4,9,17-23,33H,5-8,10-16H2,1-3H3/t17?,18-,19+,20?,21-,22?,23-,27-,28+/m1/s1. The van der Waals surface area contributed by atoms with Gasteiger partial charge in [0.05, 0.1) is 11.3 Å². The van der Waals surface area contributed by atoms with E-state index in [1.165, 1.54) is 38.5 Å². The van der Waals surface area contributed by atoms with E-state index in [4.69, 9.17) is 0 Å². The molecule has 3 unspecified atom stereocenters. The van der Waals surface area contributed by atoms with Gasteiger partial charge in [-0.25, -0.2) is 0 Å². The summed E-state index contributed by atoms with van der Waals surface area (Å²) in [6, 6.07) is 0. The van der Waals surface area contributed by atoms with Crippen LogP contribution < -0.4 is 0 Å². The predicted octanol–water partition coefficient (Wildman–Crippen LogP) is 5.07. The molecule has 180 valence electrons. The third-order valence-corrected chi connectivity index (χ3v) is 10.8. The Balaban J connectivity index is 1.16. The monoisotopic (exact) mass is 451 g/mol. The molecular weight excluding hydrogens is 410 g/mol. The number of rotatable bonds is 3. The lowest BCUT2D eigenvalue weighted by atomic mass is 9.49. The Morgan fingerprint density at radius 3 is 2.73 bits per heavy atom. The molecule has 5 heteroatoms. The molecule has 0 spiro atoms. The molecule has 5 nitrogen and oxygen atoms in total. The van der Waals surface area contributed by atoms with Gasteiger partial charge in [-0.2, -0.15) is 15.0 Å². The minimum absolute atomic E-state index is 0.145. The third kappa shape index (κ3) is 3.64. The van der Waals surface area contributed by atoms with E-state index in [0.29, 0.717) is 30.1 Å². The maximum Gasteiger partial charge on any atom is 0.159 e. The summed E-state index contributed by atoms with van der Waals surface area (Å²) in [4.78, 5) is 15.2. The van der Waals surface area contributed by atoms with Crippen LogP contribution in [0.2, 0.25) is 0 Å². The van der Waals surface area contributed by atoms with Gasteiger partial charge in [-0.1, -0.05) is 19.9 Å². The fourth-order valence-electron chi connectivity index (χ4n) is 9.23. The van der Waals surface area contributed by atoms with E-state index in [0.717, 1.165) is 54.8 Å². The predicted molar refractivity (Wildman–Crippen MR) is 128 cm³/mol. The highest BCUT2D eigenvalue weighted by molar-refractivity contribution is 5.82. The number of carbonyl (C=O) groups is 1. The minimum atomic E-state index is -0.449. The quantitative estimate of drug-likeness (QED) is 0.696. The van der Waals surface area contributed by atoms with Gasteiger partial charge in [0.2, 0.25) is 0 Å². The van der Waals surface area contributed by atoms with Crippen molar-refractivity contribution in [2.75, 3.05) is 0 Å². The van der Waals surface area contributed by atoms with Crippen molar-refractivity contribution < 1.29 is 9.90 Å². The SMILES string of the molecule is CC1C=Cc2nn(CC(=O)[C@H]3CCC4[C@@H]5CC[C@@H]6C[C@](C)(O)CC[C@@H]6C5CC[C@@]43C)nc2C1. The maximum absolute atomic E-state index is 13.6. The second-order valence-electron chi connectivity index (χ2n) is 12.9. The first-order valence-corrected chi connectivity index (χ1v) is 13.6. The zero-order valence-electron chi connectivity index (χ0n) is 20.7. The van der Waals surface area contributed by atoms with Gasteiger partial charge in [-0.15, -0.1) is 0 Å². The van der Waals surface area contributed by atoms with Crippen LogP contribution in [0.5, 0.6) is 0 Å². The highest BCUT2D eigenvalue weighted by Gasteiger charge is 2.58. The summed E-state index contributed by atoms with van der Waals surface area (Å²) in [5, 5.41) is 19.9. The van der Waals surface area contributed by atoms with Crippen molar-refractivity contribution in [1.82, 2.24) is 15.0 Å². The summed E-state index contributed by atoms with van der Waals surface area (Å²) in [5.41, 5.74) is 1.68. The van der Waals surface area contributed by atoms with Crippen LogP contribution in [-0.4, -0.2) is 31.5 Å².